The summed E-state index contributed by atoms with van der Waals surface area (Å²) in [6, 6.07) is 16.0. The average molecular weight is 450 g/mol. The monoisotopic (exact) mass is 450 g/mol. The highest BCUT2D eigenvalue weighted by Gasteiger charge is 2.42. The van der Waals surface area contributed by atoms with Crippen molar-refractivity contribution in [3.63, 3.8) is 0 Å². The molecule has 0 bridgehead atoms. The van der Waals surface area contributed by atoms with Gasteiger partial charge in [0, 0.05) is 29.5 Å². The Hall–Kier alpha value is -3.81. The maximum Gasteiger partial charge on any atom is 0.410 e. The molecule has 1 fully saturated rings. The van der Waals surface area contributed by atoms with Crippen molar-refractivity contribution in [2.45, 2.75) is 38.5 Å². The Morgan fingerprint density at radius 1 is 1.12 bits per heavy atom. The van der Waals surface area contributed by atoms with Gasteiger partial charge in [0.2, 0.25) is 0 Å². The van der Waals surface area contributed by atoms with Crippen LogP contribution in [0, 0.1) is 0 Å². The third kappa shape index (κ3) is 4.84. The second kappa shape index (κ2) is 9.36. The first-order valence-corrected chi connectivity index (χ1v) is 10.8. The zero-order valence-electron chi connectivity index (χ0n) is 18.7. The Bertz CT molecular complexity index is 1160. The van der Waals surface area contributed by atoms with Gasteiger partial charge in [0.15, 0.2) is 0 Å². The van der Waals surface area contributed by atoms with E-state index in [1.807, 2.05) is 54.6 Å². The highest BCUT2D eigenvalue weighted by molar-refractivity contribution is 5.89. The SMILES string of the molecule is COc1ccc2c(O[C@@H]3C[C@@H](C(=O)O)N(C(=O)OC(C)C)C3)cc(-c3ccccc3)nc2c1. The van der Waals surface area contributed by atoms with Gasteiger partial charge in [-0.1, -0.05) is 30.3 Å². The molecule has 0 saturated carbocycles. The zero-order valence-corrected chi connectivity index (χ0v) is 18.7. The van der Waals surface area contributed by atoms with Gasteiger partial charge < -0.3 is 19.3 Å². The minimum Gasteiger partial charge on any atom is -0.497 e. The molecule has 1 saturated heterocycles. The lowest BCUT2D eigenvalue weighted by Gasteiger charge is -2.22. The first-order chi connectivity index (χ1) is 15.9. The number of benzene rings is 2. The Morgan fingerprint density at radius 3 is 2.55 bits per heavy atom. The largest absolute Gasteiger partial charge is 0.497 e. The Kier molecular flexibility index (Phi) is 6.35. The molecule has 33 heavy (non-hydrogen) atoms. The van der Waals surface area contributed by atoms with Crippen molar-refractivity contribution in [1.82, 2.24) is 9.88 Å². The standard InChI is InChI=1S/C25H26N2O6/c1-15(2)32-25(30)27-14-18(12-22(27)24(28)29)33-23-13-20(16-7-5-4-6-8-16)26-21-11-17(31-3)9-10-19(21)23/h4-11,13,15,18,22H,12,14H2,1-3H3,(H,28,29)/t18-,22+/m1/s1. The van der Waals surface area contributed by atoms with Gasteiger partial charge in [0.25, 0.3) is 0 Å². The number of methoxy groups -OCH3 is 1. The lowest BCUT2D eigenvalue weighted by molar-refractivity contribution is -0.141. The number of carbonyl (C=O) groups excluding carboxylic acids is 1. The lowest BCUT2D eigenvalue weighted by atomic mass is 10.1. The fourth-order valence-electron chi connectivity index (χ4n) is 3.93. The summed E-state index contributed by atoms with van der Waals surface area (Å²) in [6.07, 6.45) is -1.36. The fraction of sp³-hybridized carbons (Fsp3) is 0.320. The second-order valence-electron chi connectivity index (χ2n) is 8.17. The van der Waals surface area contributed by atoms with E-state index in [1.165, 1.54) is 4.90 Å². The van der Waals surface area contributed by atoms with Crippen LogP contribution in [0.1, 0.15) is 20.3 Å². The number of aromatic nitrogens is 1. The van der Waals surface area contributed by atoms with Crippen LogP contribution in [0.3, 0.4) is 0 Å². The molecule has 0 radical (unpaired) electrons. The topological polar surface area (TPSA) is 98.2 Å². The van der Waals surface area contributed by atoms with Crippen molar-refractivity contribution >= 4 is 23.0 Å². The third-order valence-electron chi connectivity index (χ3n) is 5.46. The maximum absolute atomic E-state index is 12.5. The number of ether oxygens (including phenoxy) is 3. The molecule has 0 aliphatic carbocycles. The van der Waals surface area contributed by atoms with Gasteiger partial charge in [-0.25, -0.2) is 14.6 Å². The van der Waals surface area contributed by atoms with E-state index in [0.29, 0.717) is 17.0 Å². The van der Waals surface area contributed by atoms with E-state index in [0.717, 1.165) is 16.6 Å². The molecule has 1 aromatic heterocycles. The molecule has 1 aliphatic rings. The van der Waals surface area contributed by atoms with Crippen LogP contribution in [0.2, 0.25) is 0 Å². The van der Waals surface area contributed by atoms with Gasteiger partial charge in [0.1, 0.15) is 23.6 Å². The smallest absolute Gasteiger partial charge is 0.410 e. The molecular formula is C25H26N2O6. The Labute approximate surface area is 191 Å². The summed E-state index contributed by atoms with van der Waals surface area (Å²) >= 11 is 0. The van der Waals surface area contributed by atoms with E-state index in [1.54, 1.807) is 21.0 Å². The molecule has 1 aliphatic heterocycles. The molecule has 2 aromatic carbocycles. The summed E-state index contributed by atoms with van der Waals surface area (Å²) in [4.78, 5) is 30.2. The molecule has 8 nitrogen and oxygen atoms in total. The van der Waals surface area contributed by atoms with Crippen LogP contribution in [0.4, 0.5) is 4.79 Å². The van der Waals surface area contributed by atoms with Crippen molar-refractivity contribution in [3.05, 3.63) is 54.6 Å². The highest BCUT2D eigenvalue weighted by Crippen LogP contribution is 2.34. The number of hydrogen-bond acceptors (Lipinski definition) is 6. The minimum atomic E-state index is -1.09. The molecule has 2 atom stereocenters. The molecule has 4 rings (SSSR count). The average Bonchev–Trinajstić information content (AvgIpc) is 3.23. The van der Waals surface area contributed by atoms with Crippen molar-refractivity contribution in [3.8, 4) is 22.8 Å². The van der Waals surface area contributed by atoms with Crippen molar-refractivity contribution in [2.75, 3.05) is 13.7 Å². The summed E-state index contributed by atoms with van der Waals surface area (Å²) in [5.74, 6) is 0.145. The zero-order chi connectivity index (χ0) is 23.5. The van der Waals surface area contributed by atoms with E-state index in [4.69, 9.17) is 19.2 Å². The van der Waals surface area contributed by atoms with E-state index in [-0.39, 0.29) is 19.1 Å². The van der Waals surface area contributed by atoms with E-state index in [2.05, 4.69) is 0 Å². The number of amides is 1. The van der Waals surface area contributed by atoms with Gasteiger partial charge >= 0.3 is 12.1 Å². The van der Waals surface area contributed by atoms with Crippen LogP contribution >= 0.6 is 0 Å². The number of aliphatic carboxylic acids is 1. The van der Waals surface area contributed by atoms with E-state index < -0.39 is 24.2 Å². The number of pyridine rings is 1. The molecule has 0 spiro atoms. The predicted molar refractivity (Wildman–Crippen MR) is 123 cm³/mol. The first kappa shape index (κ1) is 22.4. The summed E-state index contributed by atoms with van der Waals surface area (Å²) in [5.41, 5.74) is 2.33. The van der Waals surface area contributed by atoms with Crippen LogP contribution in [-0.2, 0) is 9.53 Å². The van der Waals surface area contributed by atoms with E-state index in [9.17, 15) is 14.7 Å². The number of carbonyl (C=O) groups is 2. The summed E-state index contributed by atoms with van der Waals surface area (Å²) < 4.78 is 16.9. The first-order valence-electron chi connectivity index (χ1n) is 10.8. The number of hydrogen-bond donors (Lipinski definition) is 1. The molecule has 2 heterocycles. The van der Waals surface area contributed by atoms with Crippen molar-refractivity contribution in [2.24, 2.45) is 0 Å². The van der Waals surface area contributed by atoms with Crippen molar-refractivity contribution < 1.29 is 28.9 Å². The molecule has 3 aromatic rings. The number of carboxylic acid groups (broad SMARTS) is 1. The second-order valence-corrected chi connectivity index (χ2v) is 8.17. The number of carboxylic acids is 1. The normalized spacial score (nSPS) is 17.9. The number of likely N-dealkylation sites (tertiary alicyclic amines) is 1. The van der Waals surface area contributed by atoms with Crippen LogP contribution in [-0.4, -0.2) is 59.0 Å². The summed E-state index contributed by atoms with van der Waals surface area (Å²) in [7, 11) is 1.59. The Balaban J connectivity index is 1.69. The maximum atomic E-state index is 12.5. The highest BCUT2D eigenvalue weighted by atomic mass is 16.6. The summed E-state index contributed by atoms with van der Waals surface area (Å²) in [6.45, 7) is 3.56. The number of nitrogens with zero attached hydrogens (tertiary/aromatic N) is 2. The number of fused-ring (bicyclic) bond motifs is 1. The van der Waals surface area contributed by atoms with E-state index >= 15 is 0 Å². The summed E-state index contributed by atoms with van der Waals surface area (Å²) in [5, 5.41) is 10.4. The van der Waals surface area contributed by atoms with Gasteiger partial charge in [-0.15, -0.1) is 0 Å². The van der Waals surface area contributed by atoms with Crippen LogP contribution in [0.15, 0.2) is 54.6 Å². The molecular weight excluding hydrogens is 424 g/mol. The molecule has 1 N–H and O–H groups in total. The lowest BCUT2D eigenvalue weighted by Crippen LogP contribution is -2.41. The van der Waals surface area contributed by atoms with Gasteiger partial charge in [-0.2, -0.15) is 0 Å². The quantitative estimate of drug-likeness (QED) is 0.596. The van der Waals surface area contributed by atoms with Crippen LogP contribution in [0.5, 0.6) is 11.5 Å². The fourth-order valence-corrected chi connectivity index (χ4v) is 3.93. The van der Waals surface area contributed by atoms with Crippen molar-refractivity contribution in [1.29, 1.82) is 0 Å². The Morgan fingerprint density at radius 2 is 1.88 bits per heavy atom. The van der Waals surface area contributed by atoms with Gasteiger partial charge in [-0.3, -0.25) is 4.90 Å². The molecule has 1 amide bonds. The van der Waals surface area contributed by atoms with Gasteiger partial charge in [0.05, 0.1) is 31.0 Å². The number of rotatable bonds is 6. The minimum absolute atomic E-state index is 0.114. The van der Waals surface area contributed by atoms with Crippen LogP contribution < -0.4 is 9.47 Å². The predicted octanol–water partition coefficient (Wildman–Crippen LogP) is 4.36. The van der Waals surface area contributed by atoms with Crippen LogP contribution in [0.25, 0.3) is 22.2 Å². The molecule has 0 unspecified atom stereocenters. The van der Waals surface area contributed by atoms with Gasteiger partial charge in [-0.05, 0) is 26.0 Å². The molecule has 8 heteroatoms. The third-order valence-corrected chi connectivity index (χ3v) is 5.46. The molecule has 172 valence electrons.